The Hall–Kier alpha value is -1.93. The molecule has 3 rings (SSSR count). The van der Waals surface area contributed by atoms with Crippen LogP contribution in [0.4, 0.5) is 0 Å². The van der Waals surface area contributed by atoms with Crippen molar-refractivity contribution < 1.29 is 4.52 Å². The molecule has 0 radical (unpaired) electrons. The maximum atomic E-state index is 5.15. The van der Waals surface area contributed by atoms with Gasteiger partial charge in [0, 0.05) is 31.4 Å². The van der Waals surface area contributed by atoms with Crippen LogP contribution in [-0.2, 0) is 6.42 Å². The predicted molar refractivity (Wildman–Crippen MR) is 109 cm³/mol. The Balaban J connectivity index is 1.52. The van der Waals surface area contributed by atoms with Gasteiger partial charge in [0.25, 0.3) is 0 Å². The fourth-order valence-corrected chi connectivity index (χ4v) is 4.24. The van der Waals surface area contributed by atoms with E-state index >= 15 is 0 Å². The summed E-state index contributed by atoms with van der Waals surface area (Å²) < 4.78 is 5.15. The van der Waals surface area contributed by atoms with E-state index in [1.807, 2.05) is 18.3 Å². The lowest BCUT2D eigenvalue weighted by atomic mass is 9.97. The van der Waals surface area contributed by atoms with E-state index < -0.39 is 0 Å². The Bertz CT molecular complexity index is 706. The molecule has 1 atom stereocenters. The zero-order chi connectivity index (χ0) is 19.1. The number of rotatable bonds is 7. The Morgan fingerprint density at radius 3 is 2.85 bits per heavy atom. The number of guanidine groups is 1. The molecule has 1 fully saturated rings. The van der Waals surface area contributed by atoms with Crippen molar-refractivity contribution in [2.24, 2.45) is 10.9 Å². The Kier molecular flexibility index (Phi) is 7.23. The lowest BCUT2D eigenvalue weighted by Gasteiger charge is -2.36. The number of nitrogens with zero attached hydrogens (tertiary/aromatic N) is 4. The highest BCUT2D eigenvalue weighted by molar-refractivity contribution is 7.10. The summed E-state index contributed by atoms with van der Waals surface area (Å²) >= 11 is 1.83. The van der Waals surface area contributed by atoms with Gasteiger partial charge < -0.3 is 15.2 Å². The van der Waals surface area contributed by atoms with Gasteiger partial charge in [0.2, 0.25) is 5.89 Å². The van der Waals surface area contributed by atoms with Crippen LogP contribution in [0.1, 0.15) is 42.4 Å². The van der Waals surface area contributed by atoms with Crippen LogP contribution in [-0.4, -0.2) is 54.2 Å². The number of piperidine rings is 1. The number of thiophene rings is 1. The van der Waals surface area contributed by atoms with Gasteiger partial charge in [0.1, 0.15) is 0 Å². The molecule has 2 N–H and O–H groups in total. The SMILES string of the molecule is CN=C(NCCc1nc(C)no1)NCC(c1cccs1)N1CCC(C)CC1. The van der Waals surface area contributed by atoms with Gasteiger partial charge in [-0.15, -0.1) is 11.3 Å². The third kappa shape index (κ3) is 5.77. The maximum absolute atomic E-state index is 5.15. The van der Waals surface area contributed by atoms with Gasteiger partial charge in [-0.1, -0.05) is 18.1 Å². The monoisotopic (exact) mass is 390 g/mol. The van der Waals surface area contributed by atoms with Crippen molar-refractivity contribution in [3.8, 4) is 0 Å². The number of nitrogens with one attached hydrogen (secondary N) is 2. The molecule has 148 valence electrons. The second kappa shape index (κ2) is 9.85. The first-order valence-corrected chi connectivity index (χ1v) is 10.5. The number of hydrogen-bond acceptors (Lipinski definition) is 6. The predicted octanol–water partition coefficient (Wildman–Crippen LogP) is 2.62. The molecule has 2 aromatic rings. The van der Waals surface area contributed by atoms with E-state index in [1.54, 1.807) is 7.05 Å². The third-order valence-corrected chi connectivity index (χ3v) is 5.99. The van der Waals surface area contributed by atoms with E-state index in [-0.39, 0.29) is 0 Å². The summed E-state index contributed by atoms with van der Waals surface area (Å²) in [6, 6.07) is 4.76. The summed E-state index contributed by atoms with van der Waals surface area (Å²) in [6.07, 6.45) is 3.23. The van der Waals surface area contributed by atoms with Crippen molar-refractivity contribution in [1.29, 1.82) is 0 Å². The van der Waals surface area contributed by atoms with Crippen LogP contribution in [0.5, 0.6) is 0 Å². The maximum Gasteiger partial charge on any atom is 0.228 e. The van der Waals surface area contributed by atoms with Gasteiger partial charge in [-0.25, -0.2) is 0 Å². The molecule has 0 spiro atoms. The van der Waals surface area contributed by atoms with Gasteiger partial charge in [0.15, 0.2) is 11.8 Å². The van der Waals surface area contributed by atoms with Crippen molar-refractivity contribution in [3.63, 3.8) is 0 Å². The van der Waals surface area contributed by atoms with Crippen molar-refractivity contribution in [1.82, 2.24) is 25.7 Å². The van der Waals surface area contributed by atoms with E-state index in [0.717, 1.165) is 31.5 Å². The Labute approximate surface area is 165 Å². The minimum Gasteiger partial charge on any atom is -0.356 e. The molecule has 1 saturated heterocycles. The molecule has 0 saturated carbocycles. The van der Waals surface area contributed by atoms with Crippen LogP contribution in [0.25, 0.3) is 0 Å². The van der Waals surface area contributed by atoms with Gasteiger partial charge in [-0.3, -0.25) is 9.89 Å². The highest BCUT2D eigenvalue weighted by Crippen LogP contribution is 2.28. The Morgan fingerprint density at radius 2 is 2.22 bits per heavy atom. The lowest BCUT2D eigenvalue weighted by molar-refractivity contribution is 0.140. The van der Waals surface area contributed by atoms with Gasteiger partial charge >= 0.3 is 0 Å². The van der Waals surface area contributed by atoms with E-state index in [4.69, 9.17) is 4.52 Å². The summed E-state index contributed by atoms with van der Waals surface area (Å²) in [4.78, 5) is 12.6. The molecule has 1 aliphatic heterocycles. The number of likely N-dealkylation sites (tertiary alicyclic amines) is 1. The molecule has 8 heteroatoms. The zero-order valence-corrected chi connectivity index (χ0v) is 17.3. The standard InChI is InChI=1S/C19H30N6OS/c1-14-7-10-25(11-8-14)16(17-5-4-12-27-17)13-22-19(20-3)21-9-6-18-23-15(2)24-26-18/h4-5,12,14,16H,6-11,13H2,1-3H3,(H2,20,21,22). The highest BCUT2D eigenvalue weighted by Gasteiger charge is 2.25. The number of aromatic nitrogens is 2. The van der Waals surface area contributed by atoms with Gasteiger partial charge in [-0.05, 0) is 50.2 Å². The van der Waals surface area contributed by atoms with Crippen LogP contribution in [0.2, 0.25) is 0 Å². The van der Waals surface area contributed by atoms with E-state index in [2.05, 4.69) is 55.1 Å². The first-order valence-electron chi connectivity index (χ1n) is 9.67. The van der Waals surface area contributed by atoms with Crippen LogP contribution in [0.3, 0.4) is 0 Å². The number of aryl methyl sites for hydroxylation is 1. The van der Waals surface area contributed by atoms with Crippen LogP contribution in [0, 0.1) is 12.8 Å². The second-order valence-electron chi connectivity index (χ2n) is 7.11. The first kappa shape index (κ1) is 19.8. The molecule has 3 heterocycles. The lowest BCUT2D eigenvalue weighted by Crippen LogP contribution is -2.45. The molecular weight excluding hydrogens is 360 g/mol. The van der Waals surface area contributed by atoms with Crippen LogP contribution < -0.4 is 10.6 Å². The average molecular weight is 391 g/mol. The minimum atomic E-state index is 0.384. The Morgan fingerprint density at radius 1 is 1.41 bits per heavy atom. The van der Waals surface area contributed by atoms with Gasteiger partial charge in [-0.2, -0.15) is 4.98 Å². The van der Waals surface area contributed by atoms with Crippen LogP contribution in [0.15, 0.2) is 27.0 Å². The van der Waals surface area contributed by atoms with Crippen molar-refractivity contribution >= 4 is 17.3 Å². The van der Waals surface area contributed by atoms with Gasteiger partial charge in [0.05, 0.1) is 6.04 Å². The minimum absolute atomic E-state index is 0.384. The van der Waals surface area contributed by atoms with Crippen molar-refractivity contribution in [2.45, 2.75) is 39.2 Å². The molecule has 7 nitrogen and oxygen atoms in total. The summed E-state index contributed by atoms with van der Waals surface area (Å²) in [5.41, 5.74) is 0. The molecule has 0 aliphatic carbocycles. The third-order valence-electron chi connectivity index (χ3n) is 5.02. The molecule has 2 aromatic heterocycles. The topological polar surface area (TPSA) is 78.6 Å². The molecule has 0 aromatic carbocycles. The molecule has 0 bridgehead atoms. The summed E-state index contributed by atoms with van der Waals surface area (Å²) in [7, 11) is 1.80. The molecule has 1 unspecified atom stereocenters. The smallest absolute Gasteiger partial charge is 0.228 e. The molecule has 1 aliphatic rings. The average Bonchev–Trinajstić information content (AvgIpc) is 3.34. The van der Waals surface area contributed by atoms with E-state index in [9.17, 15) is 0 Å². The van der Waals surface area contributed by atoms with Crippen LogP contribution >= 0.6 is 11.3 Å². The summed E-state index contributed by atoms with van der Waals surface area (Å²) in [5, 5.41) is 12.8. The normalized spacial score (nSPS) is 17.8. The van der Waals surface area contributed by atoms with Crippen molar-refractivity contribution in [3.05, 3.63) is 34.1 Å². The summed E-state index contributed by atoms with van der Waals surface area (Å²) in [5.74, 6) is 2.95. The number of aliphatic imine (C=N–C) groups is 1. The number of hydrogen-bond donors (Lipinski definition) is 2. The first-order chi connectivity index (χ1) is 13.2. The second-order valence-corrected chi connectivity index (χ2v) is 8.09. The quantitative estimate of drug-likeness (QED) is 0.559. The van der Waals surface area contributed by atoms with Crippen molar-refractivity contribution in [2.75, 3.05) is 33.2 Å². The molecule has 0 amide bonds. The fourth-order valence-electron chi connectivity index (χ4n) is 3.37. The zero-order valence-electron chi connectivity index (χ0n) is 16.4. The molecular formula is C19H30N6OS. The largest absolute Gasteiger partial charge is 0.356 e. The van der Waals surface area contributed by atoms with E-state index in [1.165, 1.54) is 17.7 Å². The fraction of sp³-hybridized carbons (Fsp3) is 0.632. The highest BCUT2D eigenvalue weighted by atomic mass is 32.1. The summed E-state index contributed by atoms with van der Waals surface area (Å²) in [6.45, 7) is 8.04. The van der Waals surface area contributed by atoms with E-state index in [0.29, 0.717) is 30.7 Å². The molecule has 27 heavy (non-hydrogen) atoms.